The van der Waals surface area contributed by atoms with Gasteiger partial charge in [-0.3, -0.25) is 14.5 Å². The van der Waals surface area contributed by atoms with Crippen LogP contribution in [0, 0.1) is 5.92 Å². The van der Waals surface area contributed by atoms with Gasteiger partial charge in [0.25, 0.3) is 5.91 Å². The Morgan fingerprint density at radius 3 is 2.90 bits per heavy atom. The first-order chi connectivity index (χ1) is 9.67. The van der Waals surface area contributed by atoms with Gasteiger partial charge in [0.2, 0.25) is 0 Å². The predicted molar refractivity (Wildman–Crippen MR) is 76.1 cm³/mol. The van der Waals surface area contributed by atoms with Crippen molar-refractivity contribution in [2.24, 2.45) is 13.0 Å². The lowest BCUT2D eigenvalue weighted by molar-refractivity contribution is 0.0948. The van der Waals surface area contributed by atoms with E-state index in [2.05, 4.69) is 22.3 Å². The average Bonchev–Trinajstić information content (AvgIpc) is 3.07. The standard InChI is InChI=1S/C15H18N4O/c1-3-10-5-14(10)18-15(20)12-4-11(6-16-7-12)13-8-17-19(2)9-13/h4,6-10,14H,3,5H2,1-2H3,(H,18,20)/t10-,14-/m1/s1. The molecule has 20 heavy (non-hydrogen) atoms. The summed E-state index contributed by atoms with van der Waals surface area (Å²) in [4.78, 5) is 16.3. The van der Waals surface area contributed by atoms with E-state index in [1.165, 1.54) is 0 Å². The monoisotopic (exact) mass is 270 g/mol. The summed E-state index contributed by atoms with van der Waals surface area (Å²) < 4.78 is 1.73. The minimum absolute atomic E-state index is 0.0378. The van der Waals surface area contributed by atoms with E-state index >= 15 is 0 Å². The Hall–Kier alpha value is -2.17. The lowest BCUT2D eigenvalue weighted by Gasteiger charge is -2.05. The second-order valence-corrected chi connectivity index (χ2v) is 5.35. The summed E-state index contributed by atoms with van der Waals surface area (Å²) in [5, 5.41) is 7.19. The summed E-state index contributed by atoms with van der Waals surface area (Å²) in [7, 11) is 1.87. The van der Waals surface area contributed by atoms with Gasteiger partial charge in [0.15, 0.2) is 0 Å². The highest BCUT2D eigenvalue weighted by molar-refractivity contribution is 5.95. The fraction of sp³-hybridized carbons (Fsp3) is 0.400. The van der Waals surface area contributed by atoms with Crippen molar-refractivity contribution in [2.75, 3.05) is 0 Å². The van der Waals surface area contributed by atoms with Gasteiger partial charge in [-0.1, -0.05) is 13.3 Å². The van der Waals surface area contributed by atoms with Gasteiger partial charge in [-0.15, -0.1) is 0 Å². The largest absolute Gasteiger partial charge is 0.349 e. The first-order valence-corrected chi connectivity index (χ1v) is 6.92. The van der Waals surface area contributed by atoms with Gasteiger partial charge in [0.05, 0.1) is 11.8 Å². The molecule has 1 fully saturated rings. The number of aryl methyl sites for hydroxylation is 1. The Morgan fingerprint density at radius 2 is 2.25 bits per heavy atom. The van der Waals surface area contributed by atoms with Crippen LogP contribution in [0.25, 0.3) is 11.1 Å². The maximum absolute atomic E-state index is 12.2. The molecular formula is C15H18N4O. The fourth-order valence-electron chi connectivity index (χ4n) is 2.42. The zero-order chi connectivity index (χ0) is 14.1. The van der Waals surface area contributed by atoms with Crippen LogP contribution in [0.3, 0.4) is 0 Å². The number of hydrogen-bond acceptors (Lipinski definition) is 3. The van der Waals surface area contributed by atoms with Gasteiger partial charge in [-0.05, 0) is 18.4 Å². The highest BCUT2D eigenvalue weighted by atomic mass is 16.1. The number of nitrogens with zero attached hydrogens (tertiary/aromatic N) is 3. The number of hydrogen-bond donors (Lipinski definition) is 1. The smallest absolute Gasteiger partial charge is 0.253 e. The minimum atomic E-state index is -0.0378. The summed E-state index contributed by atoms with van der Waals surface area (Å²) in [6.07, 6.45) is 9.26. The Balaban J connectivity index is 1.75. The SMILES string of the molecule is CC[C@@H]1C[C@H]1NC(=O)c1cncc(-c2cnn(C)c2)c1. The summed E-state index contributed by atoms with van der Waals surface area (Å²) in [5.74, 6) is 0.609. The van der Waals surface area contributed by atoms with Gasteiger partial charge < -0.3 is 5.32 Å². The second-order valence-electron chi connectivity index (χ2n) is 5.35. The van der Waals surface area contributed by atoms with Crippen molar-refractivity contribution in [3.63, 3.8) is 0 Å². The molecule has 0 aromatic carbocycles. The van der Waals surface area contributed by atoms with Crippen molar-refractivity contribution in [1.29, 1.82) is 0 Å². The van der Waals surface area contributed by atoms with Crippen LogP contribution in [0.1, 0.15) is 30.1 Å². The molecule has 2 aromatic rings. The van der Waals surface area contributed by atoms with E-state index in [-0.39, 0.29) is 5.91 Å². The van der Waals surface area contributed by atoms with Crippen LogP contribution in [-0.2, 0) is 7.05 Å². The van der Waals surface area contributed by atoms with Gasteiger partial charge in [-0.2, -0.15) is 5.10 Å². The zero-order valence-corrected chi connectivity index (χ0v) is 11.7. The molecule has 1 N–H and O–H groups in total. The maximum Gasteiger partial charge on any atom is 0.253 e. The number of carbonyl (C=O) groups excluding carboxylic acids is 1. The Kier molecular flexibility index (Phi) is 3.26. The molecule has 104 valence electrons. The predicted octanol–water partition coefficient (Wildman–Crippen LogP) is 2.01. The third-order valence-corrected chi connectivity index (χ3v) is 3.80. The molecule has 0 aliphatic heterocycles. The van der Waals surface area contributed by atoms with E-state index in [0.29, 0.717) is 17.5 Å². The number of nitrogens with one attached hydrogen (secondary N) is 1. The quantitative estimate of drug-likeness (QED) is 0.924. The van der Waals surface area contributed by atoms with Gasteiger partial charge in [-0.25, -0.2) is 0 Å². The molecule has 0 saturated heterocycles. The molecular weight excluding hydrogens is 252 g/mol. The third-order valence-electron chi connectivity index (χ3n) is 3.80. The van der Waals surface area contributed by atoms with Crippen LogP contribution in [0.4, 0.5) is 0 Å². The zero-order valence-electron chi connectivity index (χ0n) is 11.7. The molecule has 5 heteroatoms. The normalized spacial score (nSPS) is 20.7. The highest BCUT2D eigenvalue weighted by Gasteiger charge is 2.36. The third kappa shape index (κ3) is 2.57. The van der Waals surface area contributed by atoms with E-state index in [9.17, 15) is 4.79 Å². The molecule has 0 radical (unpaired) electrons. The van der Waals surface area contributed by atoms with Crippen molar-refractivity contribution in [2.45, 2.75) is 25.8 Å². The van der Waals surface area contributed by atoms with E-state index in [1.54, 1.807) is 23.3 Å². The van der Waals surface area contributed by atoms with Crippen LogP contribution in [0.2, 0.25) is 0 Å². The van der Waals surface area contributed by atoms with Crippen molar-refractivity contribution in [1.82, 2.24) is 20.1 Å². The summed E-state index contributed by atoms with van der Waals surface area (Å²) >= 11 is 0. The number of amides is 1. The molecule has 2 atom stereocenters. The molecule has 1 aliphatic carbocycles. The van der Waals surface area contributed by atoms with Crippen molar-refractivity contribution in [3.05, 3.63) is 36.4 Å². The van der Waals surface area contributed by atoms with E-state index in [1.807, 2.05) is 19.3 Å². The number of rotatable bonds is 4. The van der Waals surface area contributed by atoms with E-state index in [0.717, 1.165) is 24.0 Å². The summed E-state index contributed by atoms with van der Waals surface area (Å²) in [6.45, 7) is 2.15. The molecule has 1 amide bonds. The lowest BCUT2D eigenvalue weighted by Crippen LogP contribution is -2.26. The lowest BCUT2D eigenvalue weighted by atomic mass is 10.1. The van der Waals surface area contributed by atoms with Crippen molar-refractivity contribution < 1.29 is 4.79 Å². The molecule has 5 nitrogen and oxygen atoms in total. The average molecular weight is 270 g/mol. The van der Waals surface area contributed by atoms with Crippen molar-refractivity contribution >= 4 is 5.91 Å². The first kappa shape index (κ1) is 12.8. The van der Waals surface area contributed by atoms with Crippen LogP contribution in [0.15, 0.2) is 30.9 Å². The molecule has 0 bridgehead atoms. The molecule has 3 rings (SSSR count). The summed E-state index contributed by atoms with van der Waals surface area (Å²) in [6, 6.07) is 2.21. The number of aromatic nitrogens is 3. The Bertz CT molecular complexity index is 634. The van der Waals surface area contributed by atoms with Gasteiger partial charge >= 0.3 is 0 Å². The van der Waals surface area contributed by atoms with Crippen LogP contribution in [0.5, 0.6) is 0 Å². The summed E-state index contributed by atoms with van der Waals surface area (Å²) in [5.41, 5.74) is 2.48. The van der Waals surface area contributed by atoms with Gasteiger partial charge in [0, 0.05) is 42.8 Å². The molecule has 0 spiro atoms. The topological polar surface area (TPSA) is 59.8 Å². The van der Waals surface area contributed by atoms with E-state index in [4.69, 9.17) is 0 Å². The highest BCUT2D eigenvalue weighted by Crippen LogP contribution is 2.33. The maximum atomic E-state index is 12.2. The van der Waals surface area contributed by atoms with E-state index < -0.39 is 0 Å². The van der Waals surface area contributed by atoms with Crippen LogP contribution >= 0.6 is 0 Å². The van der Waals surface area contributed by atoms with Gasteiger partial charge in [0.1, 0.15) is 0 Å². The molecule has 2 aromatic heterocycles. The number of pyridine rings is 1. The molecule has 1 aliphatic rings. The first-order valence-electron chi connectivity index (χ1n) is 6.92. The van der Waals surface area contributed by atoms with Crippen LogP contribution in [-0.4, -0.2) is 26.7 Å². The molecule has 2 heterocycles. The Labute approximate surface area is 118 Å². The fourth-order valence-corrected chi connectivity index (χ4v) is 2.42. The molecule has 0 unspecified atom stereocenters. The molecule has 1 saturated carbocycles. The second kappa shape index (κ2) is 5.07. The minimum Gasteiger partial charge on any atom is -0.349 e. The Morgan fingerprint density at radius 1 is 1.40 bits per heavy atom. The van der Waals surface area contributed by atoms with Crippen LogP contribution < -0.4 is 5.32 Å². The number of carbonyl (C=O) groups is 1. The van der Waals surface area contributed by atoms with Crippen molar-refractivity contribution in [3.8, 4) is 11.1 Å².